The number of aryl methyl sites for hydroxylation is 3. The van der Waals surface area contributed by atoms with E-state index < -0.39 is 0 Å². The van der Waals surface area contributed by atoms with Crippen LogP contribution >= 0.6 is 0 Å². The second-order valence-electron chi connectivity index (χ2n) is 5.42. The lowest BCUT2D eigenvalue weighted by Gasteiger charge is -2.10. The van der Waals surface area contributed by atoms with E-state index in [0.717, 1.165) is 39.3 Å². The average Bonchev–Trinajstić information content (AvgIpc) is 2.78. The molecule has 0 spiro atoms. The van der Waals surface area contributed by atoms with E-state index in [0.29, 0.717) is 5.82 Å². The van der Waals surface area contributed by atoms with Crippen LogP contribution in [-0.2, 0) is 0 Å². The molecule has 0 aliphatic heterocycles. The van der Waals surface area contributed by atoms with Crippen LogP contribution in [0.1, 0.15) is 16.7 Å². The molecule has 3 aromatic rings. The Bertz CT molecular complexity index is 834. The first-order chi connectivity index (χ1) is 10.0. The van der Waals surface area contributed by atoms with E-state index in [1.807, 2.05) is 49.6 Å². The second kappa shape index (κ2) is 4.81. The molecule has 0 fully saturated rings. The summed E-state index contributed by atoms with van der Waals surface area (Å²) >= 11 is 0. The summed E-state index contributed by atoms with van der Waals surface area (Å²) in [5, 5.41) is 0. The van der Waals surface area contributed by atoms with Gasteiger partial charge in [0.25, 0.3) is 0 Å². The van der Waals surface area contributed by atoms with E-state index in [1.54, 1.807) is 7.11 Å². The van der Waals surface area contributed by atoms with Gasteiger partial charge >= 0.3 is 0 Å². The van der Waals surface area contributed by atoms with Gasteiger partial charge in [0.15, 0.2) is 0 Å². The summed E-state index contributed by atoms with van der Waals surface area (Å²) < 4.78 is 7.30. The lowest BCUT2D eigenvalue weighted by atomic mass is 10.0. The van der Waals surface area contributed by atoms with Gasteiger partial charge in [-0.25, -0.2) is 4.98 Å². The third kappa shape index (κ3) is 2.13. The number of ether oxygens (including phenoxy) is 1. The molecule has 4 nitrogen and oxygen atoms in total. The molecule has 108 valence electrons. The van der Waals surface area contributed by atoms with Crippen LogP contribution in [0.15, 0.2) is 30.5 Å². The lowest BCUT2D eigenvalue weighted by molar-refractivity contribution is 0.411. The summed E-state index contributed by atoms with van der Waals surface area (Å²) in [6.45, 7) is 6.12. The summed E-state index contributed by atoms with van der Waals surface area (Å²) in [5.41, 5.74) is 12.4. The van der Waals surface area contributed by atoms with E-state index in [-0.39, 0.29) is 0 Å². The van der Waals surface area contributed by atoms with Gasteiger partial charge in [-0.2, -0.15) is 0 Å². The van der Waals surface area contributed by atoms with Crippen molar-refractivity contribution < 1.29 is 4.74 Å². The molecule has 0 aliphatic rings. The second-order valence-corrected chi connectivity index (χ2v) is 5.42. The largest absolute Gasteiger partial charge is 0.496 e. The predicted octanol–water partition coefficient (Wildman–Crippen LogP) is 3.52. The van der Waals surface area contributed by atoms with Gasteiger partial charge in [-0.05, 0) is 55.7 Å². The maximum absolute atomic E-state index is 6.30. The molecule has 2 heterocycles. The van der Waals surface area contributed by atoms with Gasteiger partial charge in [-0.15, -0.1) is 0 Å². The van der Waals surface area contributed by atoms with Crippen molar-refractivity contribution in [3.05, 3.63) is 47.2 Å². The van der Waals surface area contributed by atoms with Gasteiger partial charge in [0.05, 0.1) is 7.11 Å². The van der Waals surface area contributed by atoms with Crippen molar-refractivity contribution in [3.63, 3.8) is 0 Å². The fourth-order valence-electron chi connectivity index (χ4n) is 2.63. The maximum Gasteiger partial charge on any atom is 0.139 e. The number of hydrogen-bond donors (Lipinski definition) is 1. The number of anilines is 1. The molecule has 2 N–H and O–H groups in total. The Hall–Kier alpha value is -2.49. The molecule has 0 radical (unpaired) electrons. The predicted molar refractivity (Wildman–Crippen MR) is 85.8 cm³/mol. The highest BCUT2D eigenvalue weighted by Gasteiger charge is 2.15. The molecule has 0 unspecified atom stereocenters. The number of rotatable bonds is 2. The van der Waals surface area contributed by atoms with Crippen LogP contribution < -0.4 is 10.5 Å². The SMILES string of the molecule is COc1cc(C)c(-c2nc3ccc(C)cn3c2N)cc1C. The van der Waals surface area contributed by atoms with Crippen LogP contribution in [0.2, 0.25) is 0 Å². The summed E-state index contributed by atoms with van der Waals surface area (Å²) in [5.74, 6) is 1.55. The summed E-state index contributed by atoms with van der Waals surface area (Å²) in [4.78, 5) is 4.68. The van der Waals surface area contributed by atoms with E-state index >= 15 is 0 Å². The van der Waals surface area contributed by atoms with Crippen molar-refractivity contribution in [1.82, 2.24) is 9.38 Å². The number of imidazole rings is 1. The highest BCUT2D eigenvalue weighted by atomic mass is 16.5. The monoisotopic (exact) mass is 281 g/mol. The standard InChI is InChI=1S/C17H19N3O/c1-10-5-6-15-19-16(17(18)20(15)9-10)13-7-12(3)14(21-4)8-11(13)2/h5-9H,18H2,1-4H3. The number of aromatic nitrogens is 2. The molecular formula is C17H19N3O. The highest BCUT2D eigenvalue weighted by molar-refractivity contribution is 5.78. The van der Waals surface area contributed by atoms with Gasteiger partial charge in [-0.1, -0.05) is 6.07 Å². The van der Waals surface area contributed by atoms with Gasteiger partial charge < -0.3 is 10.5 Å². The summed E-state index contributed by atoms with van der Waals surface area (Å²) in [7, 11) is 1.68. The quantitative estimate of drug-likeness (QED) is 0.782. The third-order valence-corrected chi connectivity index (χ3v) is 3.80. The number of benzene rings is 1. The molecule has 4 heteroatoms. The van der Waals surface area contributed by atoms with Gasteiger partial charge in [-0.3, -0.25) is 4.40 Å². The van der Waals surface area contributed by atoms with Gasteiger partial charge in [0, 0.05) is 11.8 Å². The number of fused-ring (bicyclic) bond motifs is 1. The maximum atomic E-state index is 6.30. The van der Waals surface area contributed by atoms with Crippen LogP contribution in [0.25, 0.3) is 16.9 Å². The minimum absolute atomic E-state index is 0.668. The van der Waals surface area contributed by atoms with Crippen molar-refractivity contribution in [2.75, 3.05) is 12.8 Å². The van der Waals surface area contributed by atoms with E-state index in [1.165, 1.54) is 0 Å². The Kier molecular flexibility index (Phi) is 3.09. The molecule has 2 aromatic heterocycles. The van der Waals surface area contributed by atoms with Crippen molar-refractivity contribution in [2.24, 2.45) is 0 Å². The molecule has 0 saturated carbocycles. The first-order valence-corrected chi connectivity index (χ1v) is 6.91. The minimum Gasteiger partial charge on any atom is -0.496 e. The van der Waals surface area contributed by atoms with E-state index in [4.69, 9.17) is 10.5 Å². The van der Waals surface area contributed by atoms with E-state index in [9.17, 15) is 0 Å². The number of nitrogens with two attached hydrogens (primary N) is 1. The summed E-state index contributed by atoms with van der Waals surface area (Å²) in [6.07, 6.45) is 2.01. The normalized spacial score (nSPS) is 11.0. The molecular weight excluding hydrogens is 262 g/mol. The van der Waals surface area contributed by atoms with E-state index in [2.05, 4.69) is 11.1 Å². The third-order valence-electron chi connectivity index (χ3n) is 3.80. The zero-order valence-corrected chi connectivity index (χ0v) is 12.8. The molecule has 0 saturated heterocycles. The topological polar surface area (TPSA) is 52.5 Å². The van der Waals surface area contributed by atoms with Crippen LogP contribution in [0.5, 0.6) is 5.75 Å². The number of nitrogens with zero attached hydrogens (tertiary/aromatic N) is 2. The molecule has 1 aromatic carbocycles. The van der Waals surface area contributed by atoms with Crippen molar-refractivity contribution in [1.29, 1.82) is 0 Å². The number of hydrogen-bond acceptors (Lipinski definition) is 3. The molecule has 0 amide bonds. The molecule has 3 rings (SSSR count). The van der Waals surface area contributed by atoms with Crippen molar-refractivity contribution in [3.8, 4) is 17.0 Å². The van der Waals surface area contributed by atoms with Gasteiger partial charge in [0.2, 0.25) is 0 Å². The summed E-state index contributed by atoms with van der Waals surface area (Å²) in [6, 6.07) is 8.14. The van der Waals surface area contributed by atoms with Crippen LogP contribution in [0.3, 0.4) is 0 Å². The fraction of sp³-hybridized carbons (Fsp3) is 0.235. The molecule has 0 aliphatic carbocycles. The zero-order valence-electron chi connectivity index (χ0n) is 12.8. The number of pyridine rings is 1. The van der Waals surface area contributed by atoms with Crippen molar-refractivity contribution >= 4 is 11.5 Å². The Morgan fingerprint density at radius 3 is 2.57 bits per heavy atom. The van der Waals surface area contributed by atoms with Crippen LogP contribution in [-0.4, -0.2) is 16.5 Å². The molecule has 0 bridgehead atoms. The van der Waals surface area contributed by atoms with Crippen LogP contribution in [0, 0.1) is 20.8 Å². The minimum atomic E-state index is 0.668. The van der Waals surface area contributed by atoms with Crippen molar-refractivity contribution in [2.45, 2.75) is 20.8 Å². The zero-order chi connectivity index (χ0) is 15.1. The first kappa shape index (κ1) is 13.5. The Balaban J connectivity index is 2.25. The lowest BCUT2D eigenvalue weighted by Crippen LogP contribution is -1.96. The Labute approximate surface area is 124 Å². The average molecular weight is 281 g/mol. The Morgan fingerprint density at radius 2 is 1.86 bits per heavy atom. The smallest absolute Gasteiger partial charge is 0.139 e. The highest BCUT2D eigenvalue weighted by Crippen LogP contribution is 2.33. The number of nitrogen functional groups attached to an aromatic ring is 1. The fourth-order valence-corrected chi connectivity index (χ4v) is 2.63. The van der Waals surface area contributed by atoms with Crippen LogP contribution in [0.4, 0.5) is 5.82 Å². The Morgan fingerprint density at radius 1 is 1.10 bits per heavy atom. The first-order valence-electron chi connectivity index (χ1n) is 6.91. The molecule has 0 atom stereocenters. The number of methoxy groups -OCH3 is 1. The molecule has 21 heavy (non-hydrogen) atoms. The van der Waals surface area contributed by atoms with Gasteiger partial charge in [0.1, 0.15) is 22.9 Å².